The number of aromatic carboxylic acids is 1. The zero-order chi connectivity index (χ0) is 14.0. The van der Waals surface area contributed by atoms with Crippen molar-refractivity contribution in [3.05, 3.63) is 41.3 Å². The van der Waals surface area contributed by atoms with Crippen molar-refractivity contribution in [2.45, 2.75) is 13.8 Å². The second kappa shape index (κ2) is 5.06. The van der Waals surface area contributed by atoms with Crippen LogP contribution in [0.3, 0.4) is 0 Å². The molecule has 0 aliphatic rings. The van der Waals surface area contributed by atoms with E-state index in [-0.39, 0.29) is 5.56 Å². The van der Waals surface area contributed by atoms with Crippen LogP contribution in [0.2, 0.25) is 0 Å². The zero-order valence-electron chi connectivity index (χ0n) is 11.0. The molecular formula is C14H14N2O3. The van der Waals surface area contributed by atoms with Crippen molar-refractivity contribution in [2.24, 2.45) is 0 Å². The van der Waals surface area contributed by atoms with Crippen LogP contribution in [-0.2, 0) is 0 Å². The van der Waals surface area contributed by atoms with E-state index >= 15 is 0 Å². The fraction of sp³-hybridized carbons (Fsp3) is 0.214. The summed E-state index contributed by atoms with van der Waals surface area (Å²) in [4.78, 5) is 19.7. The van der Waals surface area contributed by atoms with E-state index in [4.69, 9.17) is 4.74 Å². The summed E-state index contributed by atoms with van der Waals surface area (Å²) in [6.45, 7) is 3.41. The molecule has 0 unspecified atom stereocenters. The molecule has 0 aliphatic heterocycles. The molecule has 0 radical (unpaired) electrons. The SMILES string of the molecule is COc1cccc(-c2nc(C)nc(C)c2C(=O)O)c1. The Morgan fingerprint density at radius 3 is 2.63 bits per heavy atom. The predicted molar refractivity (Wildman–Crippen MR) is 70.5 cm³/mol. The Bertz CT molecular complexity index is 639. The Labute approximate surface area is 110 Å². The first-order valence-corrected chi connectivity index (χ1v) is 5.76. The number of hydrogen-bond acceptors (Lipinski definition) is 4. The molecule has 0 bridgehead atoms. The molecule has 0 atom stereocenters. The molecule has 0 spiro atoms. The van der Waals surface area contributed by atoms with E-state index in [0.717, 1.165) is 0 Å². The summed E-state index contributed by atoms with van der Waals surface area (Å²) >= 11 is 0. The summed E-state index contributed by atoms with van der Waals surface area (Å²) in [5, 5.41) is 9.31. The van der Waals surface area contributed by atoms with Crippen LogP contribution in [0.5, 0.6) is 5.75 Å². The van der Waals surface area contributed by atoms with Gasteiger partial charge in [-0.15, -0.1) is 0 Å². The summed E-state index contributed by atoms with van der Waals surface area (Å²) in [5.41, 5.74) is 1.69. The third-order valence-corrected chi connectivity index (χ3v) is 2.76. The van der Waals surface area contributed by atoms with Crippen LogP contribution in [-0.4, -0.2) is 28.2 Å². The van der Waals surface area contributed by atoms with Crippen LogP contribution < -0.4 is 4.74 Å². The minimum atomic E-state index is -1.03. The fourth-order valence-electron chi connectivity index (χ4n) is 1.95. The molecule has 0 aliphatic carbocycles. The van der Waals surface area contributed by atoms with Crippen molar-refractivity contribution in [3.63, 3.8) is 0 Å². The molecule has 2 aromatic rings. The highest BCUT2D eigenvalue weighted by atomic mass is 16.5. The lowest BCUT2D eigenvalue weighted by molar-refractivity contribution is 0.0696. The Morgan fingerprint density at radius 1 is 1.26 bits per heavy atom. The normalized spacial score (nSPS) is 10.3. The van der Waals surface area contributed by atoms with Crippen molar-refractivity contribution in [1.82, 2.24) is 9.97 Å². The monoisotopic (exact) mass is 258 g/mol. The maximum Gasteiger partial charge on any atom is 0.339 e. The van der Waals surface area contributed by atoms with Gasteiger partial charge in [0.1, 0.15) is 17.1 Å². The molecule has 0 saturated carbocycles. The highest BCUT2D eigenvalue weighted by Crippen LogP contribution is 2.26. The van der Waals surface area contributed by atoms with Crippen LogP contribution in [0, 0.1) is 13.8 Å². The third-order valence-electron chi connectivity index (χ3n) is 2.76. The first-order valence-electron chi connectivity index (χ1n) is 5.76. The average Bonchev–Trinajstić information content (AvgIpc) is 2.37. The Balaban J connectivity index is 2.69. The number of methoxy groups -OCH3 is 1. The number of aromatic nitrogens is 2. The van der Waals surface area contributed by atoms with Crippen molar-refractivity contribution in [1.29, 1.82) is 0 Å². The third kappa shape index (κ3) is 2.54. The molecular weight excluding hydrogens is 244 g/mol. The highest BCUT2D eigenvalue weighted by Gasteiger charge is 2.18. The van der Waals surface area contributed by atoms with E-state index in [9.17, 15) is 9.90 Å². The Kier molecular flexibility index (Phi) is 3.46. The van der Waals surface area contributed by atoms with Gasteiger partial charge < -0.3 is 9.84 Å². The number of aryl methyl sites for hydroxylation is 2. The molecule has 0 fully saturated rings. The minimum Gasteiger partial charge on any atom is -0.497 e. The summed E-state index contributed by atoms with van der Waals surface area (Å²) < 4.78 is 5.15. The van der Waals surface area contributed by atoms with E-state index in [2.05, 4.69) is 9.97 Å². The number of carbonyl (C=O) groups is 1. The van der Waals surface area contributed by atoms with Gasteiger partial charge in [-0.25, -0.2) is 14.8 Å². The van der Waals surface area contributed by atoms with Crippen molar-refractivity contribution in [2.75, 3.05) is 7.11 Å². The fourth-order valence-corrected chi connectivity index (χ4v) is 1.95. The maximum absolute atomic E-state index is 11.4. The van der Waals surface area contributed by atoms with Gasteiger partial charge in [0.25, 0.3) is 0 Å². The smallest absolute Gasteiger partial charge is 0.339 e. The van der Waals surface area contributed by atoms with Gasteiger partial charge in [0.15, 0.2) is 0 Å². The van der Waals surface area contributed by atoms with Crippen LogP contribution in [0.4, 0.5) is 0 Å². The molecule has 5 heteroatoms. The molecule has 0 saturated heterocycles. The van der Waals surface area contributed by atoms with Crippen molar-refractivity contribution < 1.29 is 14.6 Å². The van der Waals surface area contributed by atoms with Gasteiger partial charge in [-0.1, -0.05) is 12.1 Å². The van der Waals surface area contributed by atoms with Crippen LogP contribution in [0.1, 0.15) is 21.9 Å². The highest BCUT2D eigenvalue weighted by molar-refractivity contribution is 5.95. The second-order valence-electron chi connectivity index (χ2n) is 4.12. The number of nitrogens with zero attached hydrogens (tertiary/aromatic N) is 2. The van der Waals surface area contributed by atoms with Gasteiger partial charge in [-0.3, -0.25) is 0 Å². The van der Waals surface area contributed by atoms with Crippen molar-refractivity contribution >= 4 is 5.97 Å². The molecule has 98 valence electrons. The lowest BCUT2D eigenvalue weighted by atomic mass is 10.0. The number of benzene rings is 1. The molecule has 5 nitrogen and oxygen atoms in total. The van der Waals surface area contributed by atoms with Gasteiger partial charge in [-0.2, -0.15) is 0 Å². The van der Waals surface area contributed by atoms with E-state index in [1.54, 1.807) is 45.2 Å². The summed E-state index contributed by atoms with van der Waals surface area (Å²) in [7, 11) is 1.56. The minimum absolute atomic E-state index is 0.124. The zero-order valence-corrected chi connectivity index (χ0v) is 11.0. The van der Waals surface area contributed by atoms with Gasteiger partial charge in [0.2, 0.25) is 0 Å². The quantitative estimate of drug-likeness (QED) is 0.915. The standard InChI is InChI=1S/C14H14N2O3/c1-8-12(14(17)18)13(16-9(2)15-8)10-5-4-6-11(7-10)19-3/h4-7H,1-3H3,(H,17,18). The summed E-state index contributed by atoms with van der Waals surface area (Å²) in [6.07, 6.45) is 0. The lowest BCUT2D eigenvalue weighted by Gasteiger charge is -2.10. The van der Waals surface area contributed by atoms with E-state index < -0.39 is 5.97 Å². The second-order valence-corrected chi connectivity index (χ2v) is 4.12. The maximum atomic E-state index is 11.4. The van der Waals surface area contributed by atoms with Crippen molar-refractivity contribution in [3.8, 4) is 17.0 Å². The Hall–Kier alpha value is -2.43. The van der Waals surface area contributed by atoms with Crippen LogP contribution >= 0.6 is 0 Å². The first-order chi connectivity index (χ1) is 9.02. The van der Waals surface area contributed by atoms with Gasteiger partial charge >= 0.3 is 5.97 Å². The predicted octanol–water partition coefficient (Wildman–Crippen LogP) is 2.47. The Morgan fingerprint density at radius 2 is 2.00 bits per heavy atom. The molecule has 1 aromatic carbocycles. The number of rotatable bonds is 3. The van der Waals surface area contributed by atoms with Gasteiger partial charge in [0.05, 0.1) is 18.5 Å². The molecule has 1 N–H and O–H groups in total. The molecule has 2 rings (SSSR count). The lowest BCUT2D eigenvalue weighted by Crippen LogP contribution is -2.08. The van der Waals surface area contributed by atoms with Gasteiger partial charge in [-0.05, 0) is 26.0 Å². The summed E-state index contributed by atoms with van der Waals surface area (Å²) in [6, 6.07) is 7.15. The van der Waals surface area contributed by atoms with E-state index in [0.29, 0.717) is 28.5 Å². The summed E-state index contributed by atoms with van der Waals surface area (Å²) in [5.74, 6) is 0.165. The van der Waals surface area contributed by atoms with E-state index in [1.807, 2.05) is 0 Å². The topological polar surface area (TPSA) is 72.3 Å². The first kappa shape index (κ1) is 13.0. The number of ether oxygens (including phenoxy) is 1. The molecule has 1 heterocycles. The molecule has 19 heavy (non-hydrogen) atoms. The average molecular weight is 258 g/mol. The number of carboxylic acids is 1. The number of carboxylic acid groups (broad SMARTS) is 1. The largest absolute Gasteiger partial charge is 0.497 e. The molecule has 1 aromatic heterocycles. The van der Waals surface area contributed by atoms with Crippen LogP contribution in [0.15, 0.2) is 24.3 Å². The molecule has 0 amide bonds. The van der Waals surface area contributed by atoms with E-state index in [1.165, 1.54) is 0 Å². The van der Waals surface area contributed by atoms with Gasteiger partial charge in [0, 0.05) is 5.56 Å². The number of hydrogen-bond donors (Lipinski definition) is 1. The van der Waals surface area contributed by atoms with Crippen LogP contribution in [0.25, 0.3) is 11.3 Å².